The first kappa shape index (κ1) is 15.9. The molecule has 0 bridgehead atoms. The van der Waals surface area contributed by atoms with E-state index >= 15 is 0 Å². The number of aromatic hydroxyl groups is 1. The Morgan fingerprint density at radius 2 is 2.00 bits per heavy atom. The van der Waals surface area contributed by atoms with Crippen LogP contribution in [0.2, 0.25) is 0 Å². The third-order valence-corrected chi connectivity index (χ3v) is 3.44. The number of pyridine rings is 1. The second-order valence-electron chi connectivity index (χ2n) is 5.19. The lowest BCUT2D eigenvalue weighted by Gasteiger charge is -2.09. The molecule has 3 aromatic rings. The minimum Gasteiger partial charge on any atom is -0.508 e. The first-order chi connectivity index (χ1) is 11.3. The molecule has 0 atom stereocenters. The van der Waals surface area contributed by atoms with Crippen molar-refractivity contribution in [3.8, 4) is 5.75 Å². The number of aryl methyl sites for hydroxylation is 1. The number of rotatable bonds is 2. The summed E-state index contributed by atoms with van der Waals surface area (Å²) in [5.41, 5.74) is -0.0203. The molecule has 0 saturated carbocycles. The molecule has 2 heterocycles. The number of imidazole rings is 1. The van der Waals surface area contributed by atoms with E-state index < -0.39 is 17.6 Å². The van der Waals surface area contributed by atoms with Crippen LogP contribution in [0.15, 0.2) is 42.6 Å². The lowest BCUT2D eigenvalue weighted by molar-refractivity contribution is -0.137. The molecule has 0 radical (unpaired) electrons. The maximum atomic E-state index is 12.9. The molecule has 24 heavy (non-hydrogen) atoms. The highest BCUT2D eigenvalue weighted by atomic mass is 19.4. The summed E-state index contributed by atoms with van der Waals surface area (Å²) in [5, 5.41) is 12.0. The standard InChI is InChI=1S/C16H12F3N3O2/c1-9-14(15(24)21-11-3-2-4-12(23)7-11)22-8-10(16(17,18)19)5-6-13(22)20-9/h2-8,23H,1H3,(H,21,24). The fourth-order valence-electron chi connectivity index (χ4n) is 2.38. The Morgan fingerprint density at radius 1 is 1.25 bits per heavy atom. The van der Waals surface area contributed by atoms with E-state index in [4.69, 9.17) is 0 Å². The van der Waals surface area contributed by atoms with Gasteiger partial charge in [-0.3, -0.25) is 9.20 Å². The lowest BCUT2D eigenvalue weighted by atomic mass is 10.2. The van der Waals surface area contributed by atoms with Gasteiger partial charge >= 0.3 is 6.18 Å². The number of hydrogen-bond donors (Lipinski definition) is 2. The number of phenols is 1. The molecule has 0 saturated heterocycles. The van der Waals surface area contributed by atoms with Crippen molar-refractivity contribution >= 4 is 17.2 Å². The van der Waals surface area contributed by atoms with Crippen LogP contribution in [0.4, 0.5) is 18.9 Å². The van der Waals surface area contributed by atoms with Gasteiger partial charge in [0, 0.05) is 18.0 Å². The van der Waals surface area contributed by atoms with E-state index in [1.165, 1.54) is 31.2 Å². The predicted molar refractivity (Wildman–Crippen MR) is 81.0 cm³/mol. The van der Waals surface area contributed by atoms with Crippen molar-refractivity contribution < 1.29 is 23.1 Å². The van der Waals surface area contributed by atoms with E-state index in [-0.39, 0.29) is 17.1 Å². The Labute approximate surface area is 134 Å². The summed E-state index contributed by atoms with van der Waals surface area (Å²) in [5.74, 6) is -0.660. The highest BCUT2D eigenvalue weighted by Crippen LogP contribution is 2.30. The van der Waals surface area contributed by atoms with Crippen LogP contribution in [0, 0.1) is 6.92 Å². The molecule has 0 aliphatic heterocycles. The monoisotopic (exact) mass is 335 g/mol. The molecular weight excluding hydrogens is 323 g/mol. The van der Waals surface area contributed by atoms with Crippen LogP contribution in [-0.4, -0.2) is 20.4 Å². The van der Waals surface area contributed by atoms with Gasteiger partial charge in [-0.25, -0.2) is 4.98 Å². The van der Waals surface area contributed by atoms with Gasteiger partial charge in [0.05, 0.1) is 11.3 Å². The summed E-state index contributed by atoms with van der Waals surface area (Å²) in [6, 6.07) is 7.98. The first-order valence-electron chi connectivity index (χ1n) is 6.92. The molecule has 5 nitrogen and oxygen atoms in total. The number of amides is 1. The van der Waals surface area contributed by atoms with Crippen molar-refractivity contribution in [2.45, 2.75) is 13.1 Å². The van der Waals surface area contributed by atoms with Crippen molar-refractivity contribution in [1.82, 2.24) is 9.38 Å². The number of alkyl halides is 3. The van der Waals surface area contributed by atoms with Gasteiger partial charge in [0.25, 0.3) is 5.91 Å². The van der Waals surface area contributed by atoms with E-state index in [0.717, 1.165) is 16.7 Å². The van der Waals surface area contributed by atoms with Crippen molar-refractivity contribution in [3.63, 3.8) is 0 Å². The fourth-order valence-corrected chi connectivity index (χ4v) is 2.38. The zero-order chi connectivity index (χ0) is 17.5. The highest BCUT2D eigenvalue weighted by molar-refractivity contribution is 6.04. The molecule has 0 fully saturated rings. The maximum absolute atomic E-state index is 12.9. The molecule has 3 rings (SSSR count). The predicted octanol–water partition coefficient (Wildman–Crippen LogP) is 3.62. The van der Waals surface area contributed by atoms with Gasteiger partial charge in [-0.05, 0) is 31.2 Å². The van der Waals surface area contributed by atoms with E-state index in [1.807, 2.05) is 0 Å². The van der Waals surface area contributed by atoms with E-state index in [0.29, 0.717) is 11.4 Å². The van der Waals surface area contributed by atoms with Crippen LogP contribution >= 0.6 is 0 Å². The van der Waals surface area contributed by atoms with Crippen molar-refractivity contribution in [2.24, 2.45) is 0 Å². The second kappa shape index (κ2) is 5.55. The largest absolute Gasteiger partial charge is 0.508 e. The Bertz CT molecular complexity index is 932. The lowest BCUT2D eigenvalue weighted by Crippen LogP contribution is -2.16. The van der Waals surface area contributed by atoms with Gasteiger partial charge in [-0.2, -0.15) is 13.2 Å². The summed E-state index contributed by atoms with van der Waals surface area (Å²) in [7, 11) is 0. The molecule has 0 aliphatic carbocycles. The summed E-state index contributed by atoms with van der Waals surface area (Å²) >= 11 is 0. The number of hydrogen-bond acceptors (Lipinski definition) is 3. The average Bonchev–Trinajstić information content (AvgIpc) is 2.81. The van der Waals surface area contributed by atoms with E-state index in [9.17, 15) is 23.1 Å². The third kappa shape index (κ3) is 2.90. The number of fused-ring (bicyclic) bond motifs is 1. The third-order valence-electron chi connectivity index (χ3n) is 3.44. The summed E-state index contributed by atoms with van der Waals surface area (Å²) < 4.78 is 39.8. The average molecular weight is 335 g/mol. The number of carbonyl (C=O) groups is 1. The Morgan fingerprint density at radius 3 is 2.67 bits per heavy atom. The van der Waals surface area contributed by atoms with Gasteiger partial charge in [-0.1, -0.05) is 6.07 Å². The van der Waals surface area contributed by atoms with Gasteiger partial charge in [0.1, 0.15) is 17.1 Å². The summed E-state index contributed by atoms with van der Waals surface area (Å²) in [6.45, 7) is 1.54. The van der Waals surface area contributed by atoms with Crippen LogP contribution in [-0.2, 0) is 6.18 Å². The maximum Gasteiger partial charge on any atom is 0.417 e. The first-order valence-corrected chi connectivity index (χ1v) is 6.92. The van der Waals surface area contributed by atoms with Crippen LogP contribution in [0.3, 0.4) is 0 Å². The van der Waals surface area contributed by atoms with E-state index in [2.05, 4.69) is 10.3 Å². The van der Waals surface area contributed by atoms with Gasteiger partial charge in [0.2, 0.25) is 0 Å². The van der Waals surface area contributed by atoms with E-state index in [1.54, 1.807) is 6.07 Å². The van der Waals surface area contributed by atoms with Crippen LogP contribution < -0.4 is 5.32 Å². The minimum absolute atomic E-state index is 0.000516. The topological polar surface area (TPSA) is 66.6 Å². The minimum atomic E-state index is -4.52. The van der Waals surface area contributed by atoms with Crippen molar-refractivity contribution in [1.29, 1.82) is 0 Å². The number of benzene rings is 1. The van der Waals surface area contributed by atoms with Crippen LogP contribution in [0.1, 0.15) is 21.7 Å². The Balaban J connectivity index is 2.04. The normalized spacial score (nSPS) is 11.7. The number of halogens is 3. The Kier molecular flexibility index (Phi) is 3.67. The van der Waals surface area contributed by atoms with Crippen molar-refractivity contribution in [3.05, 3.63) is 59.5 Å². The molecule has 0 unspecified atom stereocenters. The van der Waals surface area contributed by atoms with Gasteiger partial charge in [-0.15, -0.1) is 0 Å². The van der Waals surface area contributed by atoms with Crippen LogP contribution in [0.5, 0.6) is 5.75 Å². The molecule has 8 heteroatoms. The number of carbonyl (C=O) groups excluding carboxylic acids is 1. The quantitative estimate of drug-likeness (QED) is 0.752. The SMILES string of the molecule is Cc1nc2ccc(C(F)(F)F)cn2c1C(=O)Nc1cccc(O)c1. The molecule has 2 N–H and O–H groups in total. The smallest absolute Gasteiger partial charge is 0.417 e. The number of phenolic OH excluding ortho intramolecular Hbond substituents is 1. The molecule has 2 aromatic heterocycles. The van der Waals surface area contributed by atoms with Gasteiger partial charge < -0.3 is 10.4 Å². The van der Waals surface area contributed by atoms with Crippen LogP contribution in [0.25, 0.3) is 5.65 Å². The van der Waals surface area contributed by atoms with Crippen molar-refractivity contribution in [2.75, 3.05) is 5.32 Å². The molecule has 1 amide bonds. The summed E-state index contributed by atoms with van der Waals surface area (Å²) in [6.07, 6.45) is -3.68. The second-order valence-corrected chi connectivity index (χ2v) is 5.19. The summed E-state index contributed by atoms with van der Waals surface area (Å²) in [4.78, 5) is 16.5. The number of nitrogens with one attached hydrogen (secondary N) is 1. The number of aromatic nitrogens is 2. The zero-order valence-corrected chi connectivity index (χ0v) is 12.4. The number of anilines is 1. The van der Waals surface area contributed by atoms with Gasteiger partial charge in [0.15, 0.2) is 0 Å². The molecule has 0 spiro atoms. The molecule has 0 aliphatic rings. The molecule has 124 valence electrons. The molecular formula is C16H12F3N3O2. The number of nitrogens with zero attached hydrogens (tertiary/aromatic N) is 2. The zero-order valence-electron chi connectivity index (χ0n) is 12.4. The Hall–Kier alpha value is -3.03. The fraction of sp³-hybridized carbons (Fsp3) is 0.125. The molecule has 1 aromatic carbocycles. The highest BCUT2D eigenvalue weighted by Gasteiger charge is 2.31.